The van der Waals surface area contributed by atoms with Crippen molar-refractivity contribution in [1.29, 1.82) is 0 Å². The first-order chi connectivity index (χ1) is 7.56. The highest BCUT2D eigenvalue weighted by atomic mass is 19.1. The quantitative estimate of drug-likeness (QED) is 0.571. The van der Waals surface area contributed by atoms with E-state index in [2.05, 4.69) is 0 Å². The number of halogens is 2. The van der Waals surface area contributed by atoms with E-state index in [1.54, 1.807) is 6.92 Å². The highest BCUT2D eigenvalue weighted by Crippen LogP contribution is 2.14. The van der Waals surface area contributed by atoms with Crippen LogP contribution in [0.2, 0.25) is 0 Å². The fourth-order valence-electron chi connectivity index (χ4n) is 1.40. The lowest BCUT2D eigenvalue weighted by molar-refractivity contribution is -0.118. The Labute approximate surface area is 92.3 Å². The molecule has 16 heavy (non-hydrogen) atoms. The summed E-state index contributed by atoms with van der Waals surface area (Å²) in [4.78, 5) is 22.7. The summed E-state index contributed by atoms with van der Waals surface area (Å²) in [6.45, 7) is 1.80. The molecule has 86 valence electrons. The number of ketones is 2. The minimum absolute atomic E-state index is 0.252. The summed E-state index contributed by atoms with van der Waals surface area (Å²) >= 11 is 0. The van der Waals surface area contributed by atoms with Gasteiger partial charge in [0, 0.05) is 6.42 Å². The van der Waals surface area contributed by atoms with Crippen LogP contribution in [0.3, 0.4) is 0 Å². The molecule has 0 unspecified atom stereocenters. The van der Waals surface area contributed by atoms with Gasteiger partial charge in [-0.3, -0.25) is 9.59 Å². The number of benzene rings is 1. The number of hydrogen-bond donors (Lipinski definition) is 0. The van der Waals surface area contributed by atoms with Crippen molar-refractivity contribution in [2.24, 2.45) is 0 Å². The fraction of sp³-hybridized carbons (Fsp3) is 0.333. The number of Topliss-reactive ketones (excluding diaryl/α,β-unsaturated/α-hetero) is 2. The van der Waals surface area contributed by atoms with Gasteiger partial charge < -0.3 is 0 Å². The van der Waals surface area contributed by atoms with E-state index >= 15 is 0 Å². The lowest BCUT2D eigenvalue weighted by Crippen LogP contribution is -2.11. The second-order valence-electron chi connectivity index (χ2n) is 3.49. The van der Waals surface area contributed by atoms with Gasteiger partial charge in [-0.1, -0.05) is 13.0 Å². The molecule has 2 nitrogen and oxygen atoms in total. The van der Waals surface area contributed by atoms with Crippen molar-refractivity contribution in [1.82, 2.24) is 0 Å². The molecule has 0 aromatic heterocycles. The molecular formula is C12H12F2O2. The molecule has 0 N–H and O–H groups in total. The predicted octanol–water partition coefficient (Wildman–Crippen LogP) is 2.91. The molecule has 0 spiro atoms. The lowest BCUT2D eigenvalue weighted by atomic mass is 10.0. The zero-order valence-electron chi connectivity index (χ0n) is 8.93. The van der Waals surface area contributed by atoms with Gasteiger partial charge in [-0.15, -0.1) is 0 Å². The molecular weight excluding hydrogens is 214 g/mol. The molecule has 0 aliphatic heterocycles. The van der Waals surface area contributed by atoms with E-state index in [9.17, 15) is 18.4 Å². The largest absolute Gasteiger partial charge is 0.299 e. The molecule has 0 aliphatic carbocycles. The zero-order valence-corrected chi connectivity index (χ0v) is 8.93. The van der Waals surface area contributed by atoms with E-state index in [0.717, 1.165) is 12.1 Å². The number of rotatable bonds is 5. The molecule has 0 saturated heterocycles. The molecule has 4 heteroatoms. The van der Waals surface area contributed by atoms with Crippen molar-refractivity contribution in [3.63, 3.8) is 0 Å². The molecule has 0 radical (unpaired) electrons. The predicted molar refractivity (Wildman–Crippen MR) is 55.2 cm³/mol. The maximum atomic E-state index is 13.2. The number of carbonyl (C=O) groups is 2. The number of carbonyl (C=O) groups excluding carboxylic acids is 2. The Morgan fingerprint density at radius 2 is 1.75 bits per heavy atom. The zero-order chi connectivity index (χ0) is 12.1. The van der Waals surface area contributed by atoms with Gasteiger partial charge in [-0.2, -0.15) is 0 Å². The Morgan fingerprint density at radius 3 is 2.25 bits per heavy atom. The standard InChI is InChI=1S/C12H12F2O2/c1-2-4-8(15)7-11(16)12-9(13)5-3-6-10(12)14/h3,5-6H,2,4,7H2,1H3. The molecule has 0 heterocycles. The Hall–Kier alpha value is -1.58. The van der Waals surface area contributed by atoms with Gasteiger partial charge in [-0.25, -0.2) is 8.78 Å². The fourth-order valence-corrected chi connectivity index (χ4v) is 1.40. The third-order valence-corrected chi connectivity index (χ3v) is 2.13. The first-order valence-electron chi connectivity index (χ1n) is 5.05. The van der Waals surface area contributed by atoms with Crippen LogP contribution in [0.25, 0.3) is 0 Å². The lowest BCUT2D eigenvalue weighted by Gasteiger charge is -2.03. The number of hydrogen-bond acceptors (Lipinski definition) is 2. The minimum atomic E-state index is -0.922. The van der Waals surface area contributed by atoms with E-state index in [0.29, 0.717) is 6.42 Å². The molecule has 0 amide bonds. The SMILES string of the molecule is CCCC(=O)CC(=O)c1c(F)cccc1F. The average Bonchev–Trinajstić information content (AvgIpc) is 2.17. The maximum absolute atomic E-state index is 13.2. The first kappa shape index (κ1) is 12.5. The van der Waals surface area contributed by atoms with Crippen LogP contribution in [0.15, 0.2) is 18.2 Å². The summed E-state index contributed by atoms with van der Waals surface area (Å²) in [5, 5.41) is 0. The monoisotopic (exact) mass is 226 g/mol. The van der Waals surface area contributed by atoms with Crippen molar-refractivity contribution in [2.75, 3.05) is 0 Å². The Morgan fingerprint density at radius 1 is 1.19 bits per heavy atom. The molecule has 0 bridgehead atoms. The van der Waals surface area contributed by atoms with Gasteiger partial charge in [0.15, 0.2) is 5.78 Å². The molecule has 1 rings (SSSR count). The molecule has 1 aromatic carbocycles. The summed E-state index contributed by atoms with van der Waals surface area (Å²) in [7, 11) is 0. The molecule has 0 atom stereocenters. The Kier molecular flexibility index (Phi) is 4.28. The third-order valence-electron chi connectivity index (χ3n) is 2.13. The normalized spacial score (nSPS) is 10.2. The smallest absolute Gasteiger partial charge is 0.176 e. The van der Waals surface area contributed by atoms with E-state index < -0.39 is 29.4 Å². The van der Waals surface area contributed by atoms with Crippen molar-refractivity contribution in [3.8, 4) is 0 Å². The Bertz CT molecular complexity index is 393. The second kappa shape index (κ2) is 5.49. The van der Waals surface area contributed by atoms with Crippen molar-refractivity contribution in [2.45, 2.75) is 26.2 Å². The highest BCUT2D eigenvalue weighted by molar-refractivity contribution is 6.08. The molecule has 0 aliphatic rings. The van der Waals surface area contributed by atoms with Crippen molar-refractivity contribution in [3.05, 3.63) is 35.4 Å². The van der Waals surface area contributed by atoms with Crippen LogP contribution in [0.4, 0.5) is 8.78 Å². The summed E-state index contributed by atoms with van der Waals surface area (Å²) < 4.78 is 26.3. The summed E-state index contributed by atoms with van der Waals surface area (Å²) in [6.07, 6.45) is 0.430. The van der Waals surface area contributed by atoms with Crippen molar-refractivity contribution >= 4 is 11.6 Å². The van der Waals surface area contributed by atoms with Gasteiger partial charge >= 0.3 is 0 Å². The van der Waals surface area contributed by atoms with Gasteiger partial charge in [-0.05, 0) is 18.6 Å². The van der Waals surface area contributed by atoms with Gasteiger partial charge in [0.25, 0.3) is 0 Å². The molecule has 0 saturated carbocycles. The third kappa shape index (κ3) is 2.95. The van der Waals surface area contributed by atoms with E-state index in [1.165, 1.54) is 6.07 Å². The topological polar surface area (TPSA) is 34.1 Å². The van der Waals surface area contributed by atoms with Crippen LogP contribution < -0.4 is 0 Å². The van der Waals surface area contributed by atoms with Crippen LogP contribution in [-0.2, 0) is 4.79 Å². The summed E-state index contributed by atoms with van der Waals surface area (Å²) in [5.41, 5.74) is -0.619. The van der Waals surface area contributed by atoms with Crippen LogP contribution in [0.1, 0.15) is 36.5 Å². The molecule has 1 aromatic rings. The average molecular weight is 226 g/mol. The van der Waals surface area contributed by atoms with Gasteiger partial charge in [0.1, 0.15) is 17.4 Å². The molecule has 0 fully saturated rings. The second-order valence-corrected chi connectivity index (χ2v) is 3.49. The Balaban J connectivity index is 2.85. The summed E-state index contributed by atoms with van der Waals surface area (Å²) in [6, 6.07) is 3.18. The van der Waals surface area contributed by atoms with Crippen LogP contribution in [-0.4, -0.2) is 11.6 Å². The van der Waals surface area contributed by atoms with E-state index in [4.69, 9.17) is 0 Å². The van der Waals surface area contributed by atoms with Crippen LogP contribution in [0, 0.1) is 11.6 Å². The van der Waals surface area contributed by atoms with E-state index in [1.807, 2.05) is 0 Å². The minimum Gasteiger partial charge on any atom is -0.299 e. The maximum Gasteiger partial charge on any atom is 0.176 e. The van der Waals surface area contributed by atoms with Crippen molar-refractivity contribution < 1.29 is 18.4 Å². The van der Waals surface area contributed by atoms with Gasteiger partial charge in [0.05, 0.1) is 12.0 Å². The first-order valence-corrected chi connectivity index (χ1v) is 5.05. The van der Waals surface area contributed by atoms with E-state index in [-0.39, 0.29) is 12.2 Å². The summed E-state index contributed by atoms with van der Waals surface area (Å²) in [5.74, 6) is -2.94. The van der Waals surface area contributed by atoms with Gasteiger partial charge in [0.2, 0.25) is 0 Å². The van der Waals surface area contributed by atoms with Crippen LogP contribution >= 0.6 is 0 Å². The van der Waals surface area contributed by atoms with Crippen LogP contribution in [0.5, 0.6) is 0 Å². The highest BCUT2D eigenvalue weighted by Gasteiger charge is 2.19.